The summed E-state index contributed by atoms with van der Waals surface area (Å²) in [4.78, 5) is 24.1. The van der Waals surface area contributed by atoms with Crippen LogP contribution in [0.5, 0.6) is 0 Å². The molecule has 2 rings (SSSR count). The maximum absolute atomic E-state index is 13.4. The minimum atomic E-state index is -0.409. The van der Waals surface area contributed by atoms with Crippen molar-refractivity contribution in [3.8, 4) is 0 Å². The quantitative estimate of drug-likeness (QED) is 0.833. The minimum absolute atomic E-state index is 0.166. The number of nitrogens with one attached hydrogen (secondary N) is 2. The SMILES string of the molecule is Cc1ccc(C(=O)NCCNC(=O)c2cccs2)cc1F. The highest BCUT2D eigenvalue weighted by atomic mass is 32.1. The number of benzene rings is 1. The Morgan fingerprint density at radius 2 is 1.86 bits per heavy atom. The van der Waals surface area contributed by atoms with E-state index in [0.29, 0.717) is 17.0 Å². The Kier molecular flexibility index (Phi) is 5.05. The summed E-state index contributed by atoms with van der Waals surface area (Å²) in [5.41, 5.74) is 0.762. The van der Waals surface area contributed by atoms with Crippen LogP contribution in [0.15, 0.2) is 35.7 Å². The molecule has 2 amide bonds. The fraction of sp³-hybridized carbons (Fsp3) is 0.200. The van der Waals surface area contributed by atoms with Crippen LogP contribution in [0.1, 0.15) is 25.6 Å². The van der Waals surface area contributed by atoms with E-state index in [1.54, 1.807) is 31.2 Å². The van der Waals surface area contributed by atoms with E-state index in [-0.39, 0.29) is 23.9 Å². The molecule has 1 heterocycles. The lowest BCUT2D eigenvalue weighted by Gasteiger charge is -2.07. The molecule has 6 heteroatoms. The molecular weight excluding hydrogens is 291 g/mol. The average Bonchev–Trinajstić information content (AvgIpc) is 3.00. The third kappa shape index (κ3) is 4.13. The van der Waals surface area contributed by atoms with Gasteiger partial charge in [0, 0.05) is 18.7 Å². The van der Waals surface area contributed by atoms with E-state index < -0.39 is 5.82 Å². The van der Waals surface area contributed by atoms with Crippen LogP contribution >= 0.6 is 11.3 Å². The normalized spacial score (nSPS) is 10.2. The second-order valence-corrected chi connectivity index (χ2v) is 5.40. The number of amides is 2. The van der Waals surface area contributed by atoms with E-state index in [9.17, 15) is 14.0 Å². The molecule has 0 aliphatic rings. The largest absolute Gasteiger partial charge is 0.350 e. The molecule has 0 saturated heterocycles. The summed E-state index contributed by atoms with van der Waals surface area (Å²) in [5, 5.41) is 7.15. The molecular formula is C15H15FN2O2S. The second-order valence-electron chi connectivity index (χ2n) is 4.45. The molecule has 1 aromatic carbocycles. The van der Waals surface area contributed by atoms with E-state index >= 15 is 0 Å². The van der Waals surface area contributed by atoms with Gasteiger partial charge in [-0.2, -0.15) is 0 Å². The van der Waals surface area contributed by atoms with Gasteiger partial charge in [0.25, 0.3) is 11.8 Å². The molecule has 0 unspecified atom stereocenters. The Hall–Kier alpha value is -2.21. The summed E-state index contributed by atoms with van der Waals surface area (Å²) in [5.74, 6) is -0.937. The van der Waals surface area contributed by atoms with Gasteiger partial charge >= 0.3 is 0 Å². The first-order valence-corrected chi connectivity index (χ1v) is 7.32. The van der Waals surface area contributed by atoms with Gasteiger partial charge in [0.1, 0.15) is 5.82 Å². The number of rotatable bonds is 5. The number of aryl methyl sites for hydroxylation is 1. The van der Waals surface area contributed by atoms with E-state index in [1.807, 2.05) is 5.38 Å². The van der Waals surface area contributed by atoms with Crippen molar-refractivity contribution in [1.82, 2.24) is 10.6 Å². The molecule has 2 aromatic rings. The van der Waals surface area contributed by atoms with Gasteiger partial charge < -0.3 is 10.6 Å². The highest BCUT2D eigenvalue weighted by Gasteiger charge is 2.08. The van der Waals surface area contributed by atoms with Crippen molar-refractivity contribution in [3.05, 3.63) is 57.5 Å². The summed E-state index contributed by atoms with van der Waals surface area (Å²) < 4.78 is 13.4. The van der Waals surface area contributed by atoms with E-state index in [2.05, 4.69) is 10.6 Å². The van der Waals surface area contributed by atoms with Gasteiger partial charge in [-0.1, -0.05) is 12.1 Å². The Balaban J connectivity index is 1.77. The van der Waals surface area contributed by atoms with Gasteiger partial charge in [-0.25, -0.2) is 4.39 Å². The second kappa shape index (κ2) is 6.99. The van der Waals surface area contributed by atoms with E-state index in [1.165, 1.54) is 17.4 Å². The monoisotopic (exact) mass is 306 g/mol. The fourth-order valence-electron chi connectivity index (χ4n) is 1.68. The van der Waals surface area contributed by atoms with Crippen LogP contribution in [0.2, 0.25) is 0 Å². The third-order valence-electron chi connectivity index (χ3n) is 2.88. The number of hydrogen-bond acceptors (Lipinski definition) is 3. The standard InChI is InChI=1S/C15H15FN2O2S/c1-10-4-5-11(9-12(10)16)14(19)17-6-7-18-15(20)13-3-2-8-21-13/h2-5,8-9H,6-7H2,1H3,(H,17,19)(H,18,20). The molecule has 21 heavy (non-hydrogen) atoms. The number of carbonyl (C=O) groups excluding carboxylic acids is 2. The lowest BCUT2D eigenvalue weighted by Crippen LogP contribution is -2.34. The predicted octanol–water partition coefficient (Wildman–Crippen LogP) is 2.36. The molecule has 4 nitrogen and oxygen atoms in total. The molecule has 0 spiro atoms. The van der Waals surface area contributed by atoms with Crippen molar-refractivity contribution in [1.29, 1.82) is 0 Å². The van der Waals surface area contributed by atoms with Crippen LogP contribution < -0.4 is 10.6 Å². The Morgan fingerprint density at radius 1 is 1.14 bits per heavy atom. The summed E-state index contributed by atoms with van der Waals surface area (Å²) in [7, 11) is 0. The van der Waals surface area contributed by atoms with Crippen LogP contribution in [0.4, 0.5) is 4.39 Å². The average molecular weight is 306 g/mol. The van der Waals surface area contributed by atoms with Crippen LogP contribution in [-0.2, 0) is 0 Å². The van der Waals surface area contributed by atoms with E-state index in [4.69, 9.17) is 0 Å². The maximum Gasteiger partial charge on any atom is 0.261 e. The van der Waals surface area contributed by atoms with Crippen molar-refractivity contribution in [3.63, 3.8) is 0 Å². The molecule has 0 atom stereocenters. The smallest absolute Gasteiger partial charge is 0.261 e. The minimum Gasteiger partial charge on any atom is -0.350 e. The maximum atomic E-state index is 13.4. The van der Waals surface area contributed by atoms with E-state index in [0.717, 1.165) is 0 Å². The van der Waals surface area contributed by atoms with Crippen LogP contribution in [0.25, 0.3) is 0 Å². The predicted molar refractivity (Wildman–Crippen MR) is 80.1 cm³/mol. The highest BCUT2D eigenvalue weighted by Crippen LogP contribution is 2.09. The molecule has 0 radical (unpaired) electrons. The third-order valence-corrected chi connectivity index (χ3v) is 3.74. The first kappa shape index (κ1) is 15.2. The molecule has 1 aromatic heterocycles. The summed E-state index contributed by atoms with van der Waals surface area (Å²) in [6.07, 6.45) is 0. The Bertz CT molecular complexity index is 641. The van der Waals surface area contributed by atoms with Gasteiger partial charge in [-0.15, -0.1) is 11.3 Å². The fourth-order valence-corrected chi connectivity index (χ4v) is 2.32. The van der Waals surface area contributed by atoms with Crippen LogP contribution in [-0.4, -0.2) is 24.9 Å². The summed E-state index contributed by atoms with van der Waals surface area (Å²) in [6, 6.07) is 7.86. The number of hydrogen-bond donors (Lipinski definition) is 2. The molecule has 0 saturated carbocycles. The molecule has 2 N–H and O–H groups in total. The summed E-state index contributed by atoms with van der Waals surface area (Å²) in [6.45, 7) is 2.24. The van der Waals surface area contributed by atoms with Crippen LogP contribution in [0, 0.1) is 12.7 Å². The Labute approximate surface area is 126 Å². The van der Waals surface area contributed by atoms with Gasteiger partial charge in [0.15, 0.2) is 0 Å². The number of thiophene rings is 1. The zero-order valence-corrected chi connectivity index (χ0v) is 12.3. The number of halogens is 1. The van der Waals surface area contributed by atoms with Crippen molar-refractivity contribution in [2.75, 3.05) is 13.1 Å². The van der Waals surface area contributed by atoms with Crippen molar-refractivity contribution in [2.24, 2.45) is 0 Å². The molecule has 0 fully saturated rings. The van der Waals surface area contributed by atoms with Gasteiger partial charge in [-0.3, -0.25) is 9.59 Å². The summed E-state index contributed by atoms with van der Waals surface area (Å²) >= 11 is 1.35. The molecule has 110 valence electrons. The number of carbonyl (C=O) groups is 2. The lowest BCUT2D eigenvalue weighted by atomic mass is 10.1. The van der Waals surface area contributed by atoms with Gasteiger partial charge in [-0.05, 0) is 36.1 Å². The van der Waals surface area contributed by atoms with Gasteiger partial charge in [0.2, 0.25) is 0 Å². The first-order valence-electron chi connectivity index (χ1n) is 6.44. The zero-order valence-electron chi connectivity index (χ0n) is 11.5. The molecule has 0 bridgehead atoms. The zero-order chi connectivity index (χ0) is 15.2. The van der Waals surface area contributed by atoms with Gasteiger partial charge in [0.05, 0.1) is 4.88 Å². The highest BCUT2D eigenvalue weighted by molar-refractivity contribution is 7.12. The van der Waals surface area contributed by atoms with Crippen LogP contribution in [0.3, 0.4) is 0 Å². The molecule has 0 aliphatic carbocycles. The topological polar surface area (TPSA) is 58.2 Å². The Morgan fingerprint density at radius 3 is 2.48 bits per heavy atom. The first-order chi connectivity index (χ1) is 10.1. The molecule has 0 aliphatic heterocycles. The van der Waals surface area contributed by atoms with Crippen molar-refractivity contribution >= 4 is 23.2 Å². The van der Waals surface area contributed by atoms with Crippen molar-refractivity contribution in [2.45, 2.75) is 6.92 Å². The van der Waals surface area contributed by atoms with Crippen molar-refractivity contribution < 1.29 is 14.0 Å². The lowest BCUT2D eigenvalue weighted by molar-refractivity contribution is 0.0929.